The SMILES string of the molecule is COc1ccc(OC)c([C@H](N)CCC(F)(F)F)c1.Cl. The average Bonchev–Trinajstić information content (AvgIpc) is 2.34. The normalized spacial score (nSPS) is 12.5. The van der Waals surface area contributed by atoms with Crippen molar-refractivity contribution in [2.75, 3.05) is 14.2 Å². The molecule has 0 bridgehead atoms. The molecule has 3 nitrogen and oxygen atoms in total. The first-order valence-electron chi connectivity index (χ1n) is 5.41. The van der Waals surface area contributed by atoms with Gasteiger partial charge in [-0.15, -0.1) is 12.4 Å². The Morgan fingerprint density at radius 1 is 1.21 bits per heavy atom. The molecule has 0 saturated carbocycles. The van der Waals surface area contributed by atoms with E-state index in [1.165, 1.54) is 14.2 Å². The minimum absolute atomic E-state index is 0. The molecule has 0 amide bonds. The molecule has 0 aliphatic carbocycles. The maximum Gasteiger partial charge on any atom is 0.389 e. The van der Waals surface area contributed by atoms with Crippen LogP contribution >= 0.6 is 12.4 Å². The number of methoxy groups -OCH3 is 2. The van der Waals surface area contributed by atoms with Gasteiger partial charge in [-0.1, -0.05) is 0 Å². The summed E-state index contributed by atoms with van der Waals surface area (Å²) in [6.45, 7) is 0. The van der Waals surface area contributed by atoms with Crippen LogP contribution in [0.1, 0.15) is 24.4 Å². The number of hydrogen-bond donors (Lipinski definition) is 1. The standard InChI is InChI=1S/C12H16F3NO2.ClH/c1-17-8-3-4-11(18-2)9(7-8)10(16)5-6-12(13,14)15;/h3-4,7,10H,5-6,16H2,1-2H3;1H/t10-;/m1./s1. The Kier molecular flexibility index (Phi) is 7.00. The maximum absolute atomic E-state index is 12.1. The molecule has 1 aromatic rings. The molecule has 2 N–H and O–H groups in total. The number of nitrogens with two attached hydrogens (primary N) is 1. The predicted octanol–water partition coefficient (Wildman–Crippen LogP) is 3.47. The van der Waals surface area contributed by atoms with Crippen LogP contribution in [-0.4, -0.2) is 20.4 Å². The third-order valence-electron chi connectivity index (χ3n) is 2.58. The van der Waals surface area contributed by atoms with E-state index >= 15 is 0 Å². The summed E-state index contributed by atoms with van der Waals surface area (Å²) in [5.41, 5.74) is 6.28. The maximum atomic E-state index is 12.1. The summed E-state index contributed by atoms with van der Waals surface area (Å²) in [5, 5.41) is 0. The van der Waals surface area contributed by atoms with E-state index in [9.17, 15) is 13.2 Å². The molecule has 1 atom stereocenters. The zero-order chi connectivity index (χ0) is 13.8. The number of ether oxygens (including phenoxy) is 2. The second kappa shape index (κ2) is 7.45. The van der Waals surface area contributed by atoms with Crippen molar-refractivity contribution in [1.82, 2.24) is 0 Å². The van der Waals surface area contributed by atoms with Crippen molar-refractivity contribution < 1.29 is 22.6 Å². The molecule has 0 aromatic heterocycles. The van der Waals surface area contributed by atoms with E-state index in [0.717, 1.165) is 0 Å². The molecule has 1 rings (SSSR count). The van der Waals surface area contributed by atoms with Crippen LogP contribution in [0.15, 0.2) is 18.2 Å². The molecule has 0 saturated heterocycles. The Bertz CT molecular complexity index is 399. The van der Waals surface area contributed by atoms with E-state index in [-0.39, 0.29) is 18.8 Å². The van der Waals surface area contributed by atoms with E-state index in [4.69, 9.17) is 15.2 Å². The monoisotopic (exact) mass is 299 g/mol. The molecule has 0 radical (unpaired) electrons. The van der Waals surface area contributed by atoms with Crippen molar-refractivity contribution >= 4 is 12.4 Å². The minimum Gasteiger partial charge on any atom is -0.497 e. The van der Waals surface area contributed by atoms with E-state index in [2.05, 4.69) is 0 Å². The molecule has 0 spiro atoms. The first-order chi connectivity index (χ1) is 8.37. The lowest BCUT2D eigenvalue weighted by Gasteiger charge is -2.17. The van der Waals surface area contributed by atoms with Crippen molar-refractivity contribution in [3.05, 3.63) is 23.8 Å². The Hall–Kier alpha value is -1.14. The van der Waals surface area contributed by atoms with Crippen LogP contribution in [0, 0.1) is 0 Å². The first kappa shape index (κ1) is 17.9. The quantitative estimate of drug-likeness (QED) is 0.905. The number of alkyl halides is 3. The predicted molar refractivity (Wildman–Crippen MR) is 69.0 cm³/mol. The van der Waals surface area contributed by atoms with E-state index in [1.807, 2.05) is 0 Å². The van der Waals surface area contributed by atoms with Crippen molar-refractivity contribution in [3.63, 3.8) is 0 Å². The largest absolute Gasteiger partial charge is 0.497 e. The second-order valence-electron chi connectivity index (χ2n) is 3.87. The van der Waals surface area contributed by atoms with Gasteiger partial charge in [-0.25, -0.2) is 0 Å². The highest BCUT2D eigenvalue weighted by atomic mass is 35.5. The molecule has 110 valence electrons. The van der Waals surface area contributed by atoms with Crippen LogP contribution in [-0.2, 0) is 0 Å². The van der Waals surface area contributed by atoms with Crippen LogP contribution in [0.3, 0.4) is 0 Å². The van der Waals surface area contributed by atoms with Gasteiger partial charge in [0, 0.05) is 18.0 Å². The number of halogens is 4. The van der Waals surface area contributed by atoms with E-state index < -0.39 is 18.6 Å². The van der Waals surface area contributed by atoms with E-state index in [0.29, 0.717) is 17.1 Å². The second-order valence-corrected chi connectivity index (χ2v) is 3.87. The fourth-order valence-electron chi connectivity index (χ4n) is 1.60. The molecular weight excluding hydrogens is 283 g/mol. The molecule has 19 heavy (non-hydrogen) atoms. The van der Waals surface area contributed by atoms with Gasteiger partial charge >= 0.3 is 6.18 Å². The molecule has 1 aromatic carbocycles. The van der Waals surface area contributed by atoms with E-state index in [1.54, 1.807) is 18.2 Å². The molecule has 0 unspecified atom stereocenters. The summed E-state index contributed by atoms with van der Waals surface area (Å²) < 4.78 is 46.5. The number of hydrogen-bond acceptors (Lipinski definition) is 3. The lowest BCUT2D eigenvalue weighted by Crippen LogP contribution is -2.16. The topological polar surface area (TPSA) is 44.5 Å². The lowest BCUT2D eigenvalue weighted by atomic mass is 10.0. The Morgan fingerprint density at radius 3 is 2.32 bits per heavy atom. The smallest absolute Gasteiger partial charge is 0.389 e. The van der Waals surface area contributed by atoms with Crippen molar-refractivity contribution in [1.29, 1.82) is 0 Å². The van der Waals surface area contributed by atoms with Crippen LogP contribution in [0.25, 0.3) is 0 Å². The highest BCUT2D eigenvalue weighted by Gasteiger charge is 2.28. The fraction of sp³-hybridized carbons (Fsp3) is 0.500. The summed E-state index contributed by atoms with van der Waals surface area (Å²) in [6.07, 6.45) is -5.31. The summed E-state index contributed by atoms with van der Waals surface area (Å²) in [6, 6.07) is 4.15. The molecule has 0 heterocycles. The Labute approximate surface area is 116 Å². The minimum atomic E-state index is -4.20. The van der Waals surface area contributed by atoms with Crippen LogP contribution in [0.5, 0.6) is 11.5 Å². The highest BCUT2D eigenvalue weighted by molar-refractivity contribution is 5.85. The van der Waals surface area contributed by atoms with Gasteiger partial charge in [-0.2, -0.15) is 13.2 Å². The van der Waals surface area contributed by atoms with Gasteiger partial charge in [-0.05, 0) is 24.6 Å². The summed E-state index contributed by atoms with van der Waals surface area (Å²) in [5.74, 6) is 0.999. The number of benzene rings is 1. The molecule has 0 aliphatic rings. The van der Waals surface area contributed by atoms with Crippen molar-refractivity contribution in [2.24, 2.45) is 5.73 Å². The zero-order valence-corrected chi connectivity index (χ0v) is 11.5. The summed E-state index contributed by atoms with van der Waals surface area (Å²) >= 11 is 0. The number of rotatable bonds is 5. The lowest BCUT2D eigenvalue weighted by molar-refractivity contribution is -0.136. The van der Waals surface area contributed by atoms with Gasteiger partial charge in [0.05, 0.1) is 14.2 Å². The zero-order valence-electron chi connectivity index (χ0n) is 10.7. The van der Waals surface area contributed by atoms with Gasteiger partial charge in [0.2, 0.25) is 0 Å². The van der Waals surface area contributed by atoms with Gasteiger partial charge in [-0.3, -0.25) is 0 Å². The first-order valence-corrected chi connectivity index (χ1v) is 5.41. The Morgan fingerprint density at radius 2 is 1.84 bits per heavy atom. The third kappa shape index (κ3) is 5.57. The van der Waals surface area contributed by atoms with Crippen molar-refractivity contribution in [2.45, 2.75) is 25.1 Å². The molecule has 0 aliphatic heterocycles. The summed E-state index contributed by atoms with van der Waals surface area (Å²) in [4.78, 5) is 0. The molecular formula is C12H17ClF3NO2. The molecule has 0 fully saturated rings. The van der Waals surface area contributed by atoms with Crippen molar-refractivity contribution in [3.8, 4) is 11.5 Å². The van der Waals surface area contributed by atoms with Crippen LogP contribution < -0.4 is 15.2 Å². The fourth-order valence-corrected chi connectivity index (χ4v) is 1.60. The Balaban J connectivity index is 0.00000324. The van der Waals surface area contributed by atoms with Crippen LogP contribution in [0.4, 0.5) is 13.2 Å². The van der Waals surface area contributed by atoms with Gasteiger partial charge < -0.3 is 15.2 Å². The van der Waals surface area contributed by atoms with Gasteiger partial charge in [0.1, 0.15) is 11.5 Å². The third-order valence-corrected chi connectivity index (χ3v) is 2.58. The molecule has 7 heteroatoms. The summed E-state index contributed by atoms with van der Waals surface area (Å²) in [7, 11) is 2.93. The average molecular weight is 300 g/mol. The highest BCUT2D eigenvalue weighted by Crippen LogP contribution is 2.32. The van der Waals surface area contributed by atoms with Gasteiger partial charge in [0.25, 0.3) is 0 Å². The van der Waals surface area contributed by atoms with Crippen LogP contribution in [0.2, 0.25) is 0 Å². The van der Waals surface area contributed by atoms with Gasteiger partial charge in [0.15, 0.2) is 0 Å².